The van der Waals surface area contributed by atoms with Gasteiger partial charge in [0, 0.05) is 30.4 Å². The Labute approximate surface area is 142 Å². The monoisotopic (exact) mass is 353 g/mol. The summed E-state index contributed by atoms with van der Waals surface area (Å²) in [4.78, 5) is 30.2. The highest BCUT2D eigenvalue weighted by molar-refractivity contribution is 7.91. The van der Waals surface area contributed by atoms with Crippen molar-refractivity contribution in [3.05, 3.63) is 29.6 Å². The lowest BCUT2D eigenvalue weighted by molar-refractivity contribution is 0.0742. The van der Waals surface area contributed by atoms with Gasteiger partial charge in [0.2, 0.25) is 0 Å². The van der Waals surface area contributed by atoms with Gasteiger partial charge in [-0.2, -0.15) is 0 Å². The van der Waals surface area contributed by atoms with Crippen LogP contribution in [0.1, 0.15) is 48.0 Å². The number of hydrogen-bond acceptors (Lipinski definition) is 5. The Morgan fingerprint density at radius 2 is 2.00 bits per heavy atom. The van der Waals surface area contributed by atoms with E-state index in [2.05, 4.69) is 10.3 Å². The number of hydrogen-bond donors (Lipinski definition) is 1. The first-order valence-electron chi connectivity index (χ1n) is 7.75. The summed E-state index contributed by atoms with van der Waals surface area (Å²) < 4.78 is 23.1. The molecule has 2 rings (SSSR count). The molecule has 1 unspecified atom stereocenters. The third-order valence-electron chi connectivity index (χ3n) is 3.81. The average molecular weight is 353 g/mol. The predicted molar refractivity (Wildman–Crippen MR) is 90.6 cm³/mol. The predicted octanol–water partition coefficient (Wildman–Crippen LogP) is 0.869. The third kappa shape index (κ3) is 4.53. The fourth-order valence-electron chi connectivity index (χ4n) is 2.53. The lowest BCUT2D eigenvalue weighted by atomic mass is 10.1. The van der Waals surface area contributed by atoms with Crippen LogP contribution >= 0.6 is 0 Å². The average Bonchev–Trinajstić information content (AvgIpc) is 2.84. The molecule has 0 aromatic carbocycles. The second kappa shape index (κ2) is 6.51. The van der Waals surface area contributed by atoms with Crippen LogP contribution in [-0.2, 0) is 9.84 Å². The van der Waals surface area contributed by atoms with E-state index in [4.69, 9.17) is 0 Å². The molecule has 0 radical (unpaired) electrons. The molecule has 0 saturated carbocycles. The van der Waals surface area contributed by atoms with E-state index in [1.165, 1.54) is 23.2 Å². The van der Waals surface area contributed by atoms with E-state index in [1.54, 1.807) is 7.05 Å². The van der Waals surface area contributed by atoms with Crippen LogP contribution < -0.4 is 5.32 Å². The van der Waals surface area contributed by atoms with Crippen molar-refractivity contribution in [2.45, 2.75) is 38.8 Å². The number of sulfone groups is 1. The Morgan fingerprint density at radius 1 is 1.33 bits per heavy atom. The lowest BCUT2D eigenvalue weighted by Crippen LogP contribution is -2.41. The molecule has 0 aliphatic carbocycles. The summed E-state index contributed by atoms with van der Waals surface area (Å²) in [6.07, 6.45) is 1.83. The number of carbonyl (C=O) groups excluding carboxylic acids is 2. The molecule has 1 aliphatic rings. The van der Waals surface area contributed by atoms with E-state index in [1.807, 2.05) is 20.8 Å². The molecule has 1 fully saturated rings. The van der Waals surface area contributed by atoms with Gasteiger partial charge >= 0.3 is 0 Å². The first-order valence-corrected chi connectivity index (χ1v) is 9.57. The van der Waals surface area contributed by atoms with Crippen LogP contribution in [0, 0.1) is 0 Å². The zero-order valence-corrected chi connectivity index (χ0v) is 15.2. The maximum absolute atomic E-state index is 12.5. The topological polar surface area (TPSA) is 96.4 Å². The van der Waals surface area contributed by atoms with Gasteiger partial charge < -0.3 is 10.2 Å². The zero-order chi connectivity index (χ0) is 18.1. The number of rotatable bonds is 3. The minimum atomic E-state index is -3.08. The molecule has 0 bridgehead atoms. The van der Waals surface area contributed by atoms with Crippen LogP contribution in [0.5, 0.6) is 0 Å². The van der Waals surface area contributed by atoms with Gasteiger partial charge in [0.25, 0.3) is 11.8 Å². The smallest absolute Gasteiger partial charge is 0.272 e. The molecule has 1 saturated heterocycles. The van der Waals surface area contributed by atoms with Gasteiger partial charge in [-0.25, -0.2) is 8.42 Å². The van der Waals surface area contributed by atoms with Crippen LogP contribution in [0.3, 0.4) is 0 Å². The molecule has 2 heterocycles. The fourth-order valence-corrected chi connectivity index (χ4v) is 4.30. The van der Waals surface area contributed by atoms with E-state index >= 15 is 0 Å². The molecule has 2 amide bonds. The molecule has 0 spiro atoms. The highest BCUT2D eigenvalue weighted by atomic mass is 32.2. The molecule has 24 heavy (non-hydrogen) atoms. The van der Waals surface area contributed by atoms with Crippen molar-refractivity contribution in [3.63, 3.8) is 0 Å². The summed E-state index contributed by atoms with van der Waals surface area (Å²) >= 11 is 0. The Morgan fingerprint density at radius 3 is 2.54 bits per heavy atom. The Balaban J connectivity index is 2.16. The van der Waals surface area contributed by atoms with Crippen LogP contribution in [0.25, 0.3) is 0 Å². The summed E-state index contributed by atoms with van der Waals surface area (Å²) in [5.74, 6) is -0.608. The normalized spacial score (nSPS) is 19.8. The Bertz CT molecular complexity index is 753. The minimum absolute atomic E-state index is 0.0283. The van der Waals surface area contributed by atoms with Crippen molar-refractivity contribution < 1.29 is 18.0 Å². The fraction of sp³-hybridized carbons (Fsp3) is 0.562. The maximum Gasteiger partial charge on any atom is 0.272 e. The summed E-state index contributed by atoms with van der Waals surface area (Å²) in [7, 11) is -1.51. The highest BCUT2D eigenvalue weighted by Gasteiger charge is 2.33. The maximum atomic E-state index is 12.5. The summed E-state index contributed by atoms with van der Waals surface area (Å²) in [6.45, 7) is 5.60. The number of carbonyl (C=O) groups is 2. The molecule has 1 aromatic heterocycles. The molecular weight excluding hydrogens is 330 g/mol. The second-order valence-corrected chi connectivity index (χ2v) is 9.34. The van der Waals surface area contributed by atoms with Gasteiger partial charge in [-0.05, 0) is 39.3 Å². The molecule has 1 aromatic rings. The van der Waals surface area contributed by atoms with Crippen LogP contribution in [-0.4, -0.2) is 60.3 Å². The highest BCUT2D eigenvalue weighted by Crippen LogP contribution is 2.18. The SMILES string of the molecule is CN(C(=O)c1cc(C(=O)NC(C)(C)C)ccn1)C1CCS(=O)(=O)C1. The molecular formula is C16H23N3O4S. The van der Waals surface area contributed by atoms with Crippen LogP contribution in [0.2, 0.25) is 0 Å². The van der Waals surface area contributed by atoms with Crippen LogP contribution in [0.4, 0.5) is 0 Å². The minimum Gasteiger partial charge on any atom is -0.347 e. The van der Waals surface area contributed by atoms with Crippen molar-refractivity contribution in [2.75, 3.05) is 18.6 Å². The van der Waals surface area contributed by atoms with Crippen molar-refractivity contribution in [3.8, 4) is 0 Å². The van der Waals surface area contributed by atoms with Gasteiger partial charge in [0.1, 0.15) is 5.69 Å². The van der Waals surface area contributed by atoms with Gasteiger partial charge in [-0.15, -0.1) is 0 Å². The standard InChI is InChI=1S/C16H23N3O4S/c1-16(2,3)18-14(20)11-5-7-17-13(9-11)15(21)19(4)12-6-8-24(22,23)10-12/h5,7,9,12H,6,8,10H2,1-4H3,(H,18,20). The molecule has 8 heteroatoms. The first-order chi connectivity index (χ1) is 11.0. The number of nitrogens with zero attached hydrogens (tertiary/aromatic N) is 2. The van der Waals surface area contributed by atoms with E-state index in [0.717, 1.165) is 0 Å². The molecule has 1 N–H and O–H groups in total. The van der Waals surface area contributed by atoms with Crippen molar-refractivity contribution in [1.82, 2.24) is 15.2 Å². The molecule has 1 atom stereocenters. The molecule has 1 aliphatic heterocycles. The Kier molecular flexibility index (Phi) is 4.98. The number of nitrogens with one attached hydrogen (secondary N) is 1. The van der Waals surface area contributed by atoms with E-state index in [-0.39, 0.29) is 40.6 Å². The van der Waals surface area contributed by atoms with Gasteiger partial charge in [0.15, 0.2) is 9.84 Å². The number of aromatic nitrogens is 1. The molecule has 132 valence electrons. The van der Waals surface area contributed by atoms with Gasteiger partial charge in [-0.3, -0.25) is 14.6 Å². The second-order valence-electron chi connectivity index (χ2n) is 7.11. The van der Waals surface area contributed by atoms with E-state index < -0.39 is 9.84 Å². The molecule has 7 nitrogen and oxygen atoms in total. The van der Waals surface area contributed by atoms with Gasteiger partial charge in [-0.1, -0.05) is 0 Å². The third-order valence-corrected chi connectivity index (χ3v) is 5.56. The number of amides is 2. The Hall–Kier alpha value is -1.96. The van der Waals surface area contributed by atoms with Gasteiger partial charge in [0.05, 0.1) is 11.5 Å². The summed E-state index contributed by atoms with van der Waals surface area (Å²) in [5, 5.41) is 2.83. The number of pyridine rings is 1. The van der Waals surface area contributed by atoms with E-state index in [0.29, 0.717) is 12.0 Å². The summed E-state index contributed by atoms with van der Waals surface area (Å²) in [5.41, 5.74) is 0.0820. The van der Waals surface area contributed by atoms with Crippen molar-refractivity contribution in [2.24, 2.45) is 0 Å². The quantitative estimate of drug-likeness (QED) is 0.870. The van der Waals surface area contributed by atoms with Crippen molar-refractivity contribution >= 4 is 21.7 Å². The zero-order valence-electron chi connectivity index (χ0n) is 14.4. The largest absolute Gasteiger partial charge is 0.347 e. The van der Waals surface area contributed by atoms with Crippen molar-refractivity contribution in [1.29, 1.82) is 0 Å². The van der Waals surface area contributed by atoms with E-state index in [9.17, 15) is 18.0 Å². The van der Waals surface area contributed by atoms with Crippen LogP contribution in [0.15, 0.2) is 18.3 Å². The summed E-state index contributed by atoms with van der Waals surface area (Å²) in [6, 6.07) is 2.62. The lowest BCUT2D eigenvalue weighted by Gasteiger charge is -2.23. The first kappa shape index (κ1) is 18.4.